The smallest absolute Gasteiger partial charge is 0.315 e. The molecule has 0 aromatic heterocycles. The number of nitrogens with one attached hydrogen (secondary N) is 2. The summed E-state index contributed by atoms with van der Waals surface area (Å²) < 4.78 is 5.22. The highest BCUT2D eigenvalue weighted by Gasteiger charge is 2.03. The van der Waals surface area contributed by atoms with E-state index in [1.807, 2.05) is 43.3 Å². The van der Waals surface area contributed by atoms with Gasteiger partial charge in [-0.05, 0) is 36.1 Å². The number of carbonyl (C=O) groups excluding carboxylic acids is 1. The van der Waals surface area contributed by atoms with Crippen molar-refractivity contribution in [1.82, 2.24) is 10.6 Å². The first-order chi connectivity index (χ1) is 10.7. The van der Waals surface area contributed by atoms with Gasteiger partial charge < -0.3 is 15.4 Å². The molecule has 0 bridgehead atoms. The van der Waals surface area contributed by atoms with Gasteiger partial charge in [-0.3, -0.25) is 0 Å². The van der Waals surface area contributed by atoms with Crippen LogP contribution in [0.2, 0.25) is 0 Å². The predicted molar refractivity (Wildman–Crippen MR) is 88.1 cm³/mol. The summed E-state index contributed by atoms with van der Waals surface area (Å²) in [6, 6.07) is 15.8. The first-order valence-corrected chi connectivity index (χ1v) is 7.38. The molecule has 2 N–H and O–H groups in total. The zero-order valence-corrected chi connectivity index (χ0v) is 13.1. The summed E-state index contributed by atoms with van der Waals surface area (Å²) in [7, 11) is 1.65. The van der Waals surface area contributed by atoms with Crippen LogP contribution in [0.5, 0.6) is 5.75 Å². The SMILES string of the molecule is COc1ccc(CNC(=O)NCCc2ccccc2)cc1C. The van der Waals surface area contributed by atoms with E-state index >= 15 is 0 Å². The van der Waals surface area contributed by atoms with Gasteiger partial charge in [0.2, 0.25) is 0 Å². The first kappa shape index (κ1) is 15.9. The Balaban J connectivity index is 1.72. The quantitative estimate of drug-likeness (QED) is 0.861. The number of carbonyl (C=O) groups is 1. The van der Waals surface area contributed by atoms with Crippen molar-refractivity contribution in [3.8, 4) is 5.75 Å². The molecular weight excluding hydrogens is 276 g/mol. The Bertz CT molecular complexity index is 612. The number of rotatable bonds is 6. The molecule has 2 aromatic carbocycles. The van der Waals surface area contributed by atoms with Crippen molar-refractivity contribution in [2.24, 2.45) is 0 Å². The largest absolute Gasteiger partial charge is 0.496 e. The van der Waals surface area contributed by atoms with Crippen molar-refractivity contribution >= 4 is 6.03 Å². The monoisotopic (exact) mass is 298 g/mol. The minimum Gasteiger partial charge on any atom is -0.496 e. The van der Waals surface area contributed by atoms with E-state index in [0.29, 0.717) is 13.1 Å². The molecule has 0 saturated carbocycles. The fourth-order valence-electron chi connectivity index (χ4n) is 2.26. The van der Waals surface area contributed by atoms with Crippen molar-refractivity contribution in [3.05, 3.63) is 65.2 Å². The summed E-state index contributed by atoms with van der Waals surface area (Å²) >= 11 is 0. The molecule has 0 unspecified atom stereocenters. The van der Waals surface area contributed by atoms with Crippen molar-refractivity contribution < 1.29 is 9.53 Å². The lowest BCUT2D eigenvalue weighted by Crippen LogP contribution is -2.36. The summed E-state index contributed by atoms with van der Waals surface area (Å²) in [5, 5.41) is 5.72. The molecule has 116 valence electrons. The molecule has 4 heteroatoms. The maximum Gasteiger partial charge on any atom is 0.315 e. The van der Waals surface area contributed by atoms with Crippen LogP contribution in [0.1, 0.15) is 16.7 Å². The summed E-state index contributed by atoms with van der Waals surface area (Å²) in [5.41, 5.74) is 3.33. The van der Waals surface area contributed by atoms with Gasteiger partial charge in [0.15, 0.2) is 0 Å². The number of benzene rings is 2. The zero-order valence-electron chi connectivity index (χ0n) is 13.1. The second-order valence-corrected chi connectivity index (χ2v) is 5.15. The molecule has 2 amide bonds. The molecule has 0 saturated heterocycles. The second kappa shape index (κ2) is 8.08. The van der Waals surface area contributed by atoms with Crippen LogP contribution in [0.3, 0.4) is 0 Å². The van der Waals surface area contributed by atoms with Crippen LogP contribution < -0.4 is 15.4 Å². The van der Waals surface area contributed by atoms with Crippen molar-refractivity contribution in [2.75, 3.05) is 13.7 Å². The minimum absolute atomic E-state index is 0.149. The molecule has 0 heterocycles. The molecule has 0 fully saturated rings. The molecule has 2 rings (SSSR count). The van der Waals surface area contributed by atoms with Crippen LogP contribution in [0, 0.1) is 6.92 Å². The number of aryl methyl sites for hydroxylation is 1. The maximum atomic E-state index is 11.8. The van der Waals surface area contributed by atoms with Crippen LogP contribution in [0.4, 0.5) is 4.79 Å². The molecular formula is C18H22N2O2. The second-order valence-electron chi connectivity index (χ2n) is 5.15. The molecule has 2 aromatic rings. The fourth-order valence-corrected chi connectivity index (χ4v) is 2.26. The summed E-state index contributed by atoms with van der Waals surface area (Å²) in [5.74, 6) is 0.857. The van der Waals surface area contributed by atoms with Crippen molar-refractivity contribution in [1.29, 1.82) is 0 Å². The molecule has 0 aliphatic rings. The Morgan fingerprint density at radius 3 is 2.50 bits per heavy atom. The van der Waals surface area contributed by atoms with E-state index in [1.165, 1.54) is 5.56 Å². The molecule has 4 nitrogen and oxygen atoms in total. The van der Waals surface area contributed by atoms with Gasteiger partial charge in [0.25, 0.3) is 0 Å². The van der Waals surface area contributed by atoms with E-state index in [2.05, 4.69) is 22.8 Å². The third-order valence-electron chi connectivity index (χ3n) is 3.45. The predicted octanol–water partition coefficient (Wildman–Crippen LogP) is 3.05. The molecule has 0 atom stereocenters. The highest BCUT2D eigenvalue weighted by atomic mass is 16.5. The Morgan fingerprint density at radius 1 is 1.05 bits per heavy atom. The van der Waals surface area contributed by atoms with Crippen molar-refractivity contribution in [3.63, 3.8) is 0 Å². The topological polar surface area (TPSA) is 50.4 Å². The average Bonchev–Trinajstić information content (AvgIpc) is 2.54. The Kier molecular flexibility index (Phi) is 5.83. The maximum absolute atomic E-state index is 11.8. The van der Waals surface area contributed by atoms with E-state index in [-0.39, 0.29) is 6.03 Å². The lowest BCUT2D eigenvalue weighted by atomic mass is 10.1. The Morgan fingerprint density at radius 2 is 1.82 bits per heavy atom. The number of hydrogen-bond donors (Lipinski definition) is 2. The number of amides is 2. The van der Waals surface area contributed by atoms with Crippen LogP contribution in [0.15, 0.2) is 48.5 Å². The molecule has 22 heavy (non-hydrogen) atoms. The Hall–Kier alpha value is -2.49. The first-order valence-electron chi connectivity index (χ1n) is 7.38. The van der Waals surface area contributed by atoms with Gasteiger partial charge >= 0.3 is 6.03 Å². The highest BCUT2D eigenvalue weighted by molar-refractivity contribution is 5.73. The fraction of sp³-hybridized carbons (Fsp3) is 0.278. The normalized spacial score (nSPS) is 10.1. The van der Waals surface area contributed by atoms with Gasteiger partial charge in [0, 0.05) is 13.1 Å². The highest BCUT2D eigenvalue weighted by Crippen LogP contribution is 2.18. The number of hydrogen-bond acceptors (Lipinski definition) is 2. The summed E-state index contributed by atoms with van der Waals surface area (Å²) in [6.07, 6.45) is 0.829. The van der Waals surface area contributed by atoms with Crippen LogP contribution in [-0.4, -0.2) is 19.7 Å². The van der Waals surface area contributed by atoms with Gasteiger partial charge in [-0.1, -0.05) is 42.5 Å². The van der Waals surface area contributed by atoms with Gasteiger partial charge in [-0.2, -0.15) is 0 Å². The van der Waals surface area contributed by atoms with E-state index in [1.54, 1.807) is 7.11 Å². The summed E-state index contributed by atoms with van der Waals surface area (Å²) in [4.78, 5) is 11.8. The van der Waals surface area contributed by atoms with Crippen LogP contribution >= 0.6 is 0 Å². The third-order valence-corrected chi connectivity index (χ3v) is 3.45. The standard InChI is InChI=1S/C18H22N2O2/c1-14-12-16(8-9-17(14)22-2)13-20-18(21)19-11-10-15-6-4-3-5-7-15/h3-9,12H,10-11,13H2,1-2H3,(H2,19,20,21). The van der Waals surface area contributed by atoms with Gasteiger partial charge in [-0.15, -0.1) is 0 Å². The molecule has 0 aliphatic carbocycles. The molecule has 0 radical (unpaired) electrons. The third kappa shape index (κ3) is 4.81. The van der Waals surface area contributed by atoms with Gasteiger partial charge in [0.1, 0.15) is 5.75 Å². The number of methoxy groups -OCH3 is 1. The van der Waals surface area contributed by atoms with E-state index in [9.17, 15) is 4.79 Å². The van der Waals surface area contributed by atoms with Crippen LogP contribution in [0.25, 0.3) is 0 Å². The lowest BCUT2D eigenvalue weighted by Gasteiger charge is -2.10. The number of urea groups is 1. The minimum atomic E-state index is -0.149. The lowest BCUT2D eigenvalue weighted by molar-refractivity contribution is 0.240. The molecule has 0 aliphatic heterocycles. The van der Waals surface area contributed by atoms with E-state index in [4.69, 9.17) is 4.74 Å². The van der Waals surface area contributed by atoms with Gasteiger partial charge in [-0.25, -0.2) is 4.79 Å². The molecule has 0 spiro atoms. The van der Waals surface area contributed by atoms with E-state index < -0.39 is 0 Å². The average molecular weight is 298 g/mol. The Labute approximate surface area is 131 Å². The van der Waals surface area contributed by atoms with Crippen LogP contribution in [-0.2, 0) is 13.0 Å². The zero-order chi connectivity index (χ0) is 15.8. The van der Waals surface area contributed by atoms with E-state index in [0.717, 1.165) is 23.3 Å². The van der Waals surface area contributed by atoms with Gasteiger partial charge in [0.05, 0.1) is 7.11 Å². The summed E-state index contributed by atoms with van der Waals surface area (Å²) in [6.45, 7) is 3.11. The number of ether oxygens (including phenoxy) is 1. The van der Waals surface area contributed by atoms with Crippen molar-refractivity contribution in [2.45, 2.75) is 19.9 Å².